The monoisotopic (exact) mass is 295 g/mol. The minimum atomic E-state index is -1.48. The molecule has 0 unspecified atom stereocenters. The molecule has 0 atom stereocenters. The van der Waals surface area contributed by atoms with Crippen LogP contribution in [0.5, 0.6) is 11.5 Å². The Morgan fingerprint density at radius 1 is 1.14 bits per heavy atom. The third kappa shape index (κ3) is 3.11. The number of aromatic carboxylic acids is 1. The lowest BCUT2D eigenvalue weighted by molar-refractivity contribution is -0.384. The zero-order valence-corrected chi connectivity index (χ0v) is 10.2. The van der Waals surface area contributed by atoms with Gasteiger partial charge in [0.1, 0.15) is 5.75 Å². The number of hydrogen-bond acceptors (Lipinski definition) is 4. The number of non-ortho nitro benzene ring substituents is 1. The van der Waals surface area contributed by atoms with E-state index >= 15 is 0 Å². The van der Waals surface area contributed by atoms with Gasteiger partial charge in [-0.2, -0.15) is 0 Å². The van der Waals surface area contributed by atoms with Crippen molar-refractivity contribution in [2.24, 2.45) is 0 Å². The summed E-state index contributed by atoms with van der Waals surface area (Å²) in [5, 5.41) is 19.1. The summed E-state index contributed by atoms with van der Waals surface area (Å²) in [5.74, 6) is -4.67. The Hall–Kier alpha value is -3.03. The molecule has 0 saturated carbocycles. The van der Waals surface area contributed by atoms with Crippen molar-refractivity contribution in [3.63, 3.8) is 0 Å². The molecule has 0 aliphatic rings. The van der Waals surface area contributed by atoms with E-state index in [1.165, 1.54) is 12.1 Å². The van der Waals surface area contributed by atoms with E-state index in [2.05, 4.69) is 0 Å². The van der Waals surface area contributed by atoms with Gasteiger partial charge in [-0.3, -0.25) is 10.1 Å². The van der Waals surface area contributed by atoms with Gasteiger partial charge >= 0.3 is 5.97 Å². The molecular weight excluding hydrogens is 288 g/mol. The van der Waals surface area contributed by atoms with Crippen LogP contribution in [0.25, 0.3) is 0 Å². The Balaban J connectivity index is 2.31. The molecule has 0 spiro atoms. The summed E-state index contributed by atoms with van der Waals surface area (Å²) in [5.41, 5.74) is -0.759. The van der Waals surface area contributed by atoms with Crippen molar-refractivity contribution in [3.05, 3.63) is 63.7 Å². The smallest absolute Gasteiger partial charge is 0.335 e. The molecule has 0 radical (unpaired) electrons. The van der Waals surface area contributed by atoms with E-state index < -0.39 is 33.8 Å². The van der Waals surface area contributed by atoms with Crippen molar-refractivity contribution in [2.75, 3.05) is 0 Å². The first-order chi connectivity index (χ1) is 9.88. The van der Waals surface area contributed by atoms with Gasteiger partial charge in [-0.15, -0.1) is 0 Å². The largest absolute Gasteiger partial charge is 0.478 e. The standard InChI is InChI=1S/C13H7F2NO5/c14-10-5-7(13(17)18)6-11(15)12(10)21-9-3-1-8(2-4-9)16(19)20/h1-6H,(H,17,18). The second kappa shape index (κ2) is 5.53. The van der Waals surface area contributed by atoms with Gasteiger partial charge in [0.2, 0.25) is 0 Å². The maximum absolute atomic E-state index is 13.6. The van der Waals surface area contributed by atoms with Gasteiger partial charge < -0.3 is 9.84 Å². The number of carboxylic acids is 1. The molecule has 2 aromatic carbocycles. The van der Waals surface area contributed by atoms with Crippen LogP contribution in [0, 0.1) is 21.7 Å². The fraction of sp³-hybridized carbons (Fsp3) is 0. The number of nitrogens with zero attached hydrogens (tertiary/aromatic N) is 1. The number of nitro benzene ring substituents is 1. The average molecular weight is 295 g/mol. The highest BCUT2D eigenvalue weighted by molar-refractivity contribution is 5.87. The Morgan fingerprint density at radius 2 is 1.67 bits per heavy atom. The molecule has 0 saturated heterocycles. The quantitative estimate of drug-likeness (QED) is 0.690. The van der Waals surface area contributed by atoms with Gasteiger partial charge in [-0.25, -0.2) is 13.6 Å². The highest BCUT2D eigenvalue weighted by Gasteiger charge is 2.17. The summed E-state index contributed by atoms with van der Waals surface area (Å²) < 4.78 is 32.2. The predicted molar refractivity (Wildman–Crippen MR) is 66.5 cm³/mol. The third-order valence-corrected chi connectivity index (χ3v) is 2.51. The highest BCUT2D eigenvalue weighted by Crippen LogP contribution is 2.29. The summed E-state index contributed by atoms with van der Waals surface area (Å²) in [6.07, 6.45) is 0. The van der Waals surface area contributed by atoms with Crippen LogP contribution in [0.15, 0.2) is 36.4 Å². The van der Waals surface area contributed by atoms with E-state index in [4.69, 9.17) is 9.84 Å². The predicted octanol–water partition coefficient (Wildman–Crippen LogP) is 3.36. The van der Waals surface area contributed by atoms with E-state index in [0.29, 0.717) is 12.1 Å². The fourth-order valence-corrected chi connectivity index (χ4v) is 1.53. The van der Waals surface area contributed by atoms with Crippen molar-refractivity contribution >= 4 is 11.7 Å². The Morgan fingerprint density at radius 3 is 2.10 bits per heavy atom. The first kappa shape index (κ1) is 14.4. The third-order valence-electron chi connectivity index (χ3n) is 2.51. The van der Waals surface area contributed by atoms with Crippen molar-refractivity contribution in [1.82, 2.24) is 0 Å². The molecule has 108 valence electrons. The SMILES string of the molecule is O=C(O)c1cc(F)c(Oc2ccc([N+](=O)[O-])cc2)c(F)c1. The minimum Gasteiger partial charge on any atom is -0.478 e. The number of nitro groups is 1. The molecule has 1 N–H and O–H groups in total. The van der Waals surface area contributed by atoms with E-state index in [-0.39, 0.29) is 11.4 Å². The molecule has 21 heavy (non-hydrogen) atoms. The topological polar surface area (TPSA) is 89.7 Å². The molecule has 0 bridgehead atoms. The highest BCUT2D eigenvalue weighted by atomic mass is 19.1. The molecule has 0 fully saturated rings. The minimum absolute atomic E-state index is 0.0264. The molecule has 8 heteroatoms. The molecule has 2 aromatic rings. The number of rotatable bonds is 4. The lowest BCUT2D eigenvalue weighted by Crippen LogP contribution is -2.01. The number of hydrogen-bond donors (Lipinski definition) is 1. The number of carboxylic acid groups (broad SMARTS) is 1. The van der Waals surface area contributed by atoms with Crippen molar-refractivity contribution in [2.45, 2.75) is 0 Å². The number of benzene rings is 2. The van der Waals surface area contributed by atoms with E-state index in [9.17, 15) is 23.7 Å². The summed E-state index contributed by atoms with van der Waals surface area (Å²) in [7, 11) is 0. The number of ether oxygens (including phenoxy) is 1. The van der Waals surface area contributed by atoms with E-state index in [0.717, 1.165) is 12.1 Å². The van der Waals surface area contributed by atoms with Crippen molar-refractivity contribution in [3.8, 4) is 11.5 Å². The molecule has 0 aromatic heterocycles. The van der Waals surface area contributed by atoms with Gasteiger partial charge in [0.25, 0.3) is 5.69 Å². The second-order valence-corrected chi connectivity index (χ2v) is 3.93. The van der Waals surface area contributed by atoms with Crippen LogP contribution in [-0.4, -0.2) is 16.0 Å². The first-order valence-electron chi connectivity index (χ1n) is 5.53. The maximum Gasteiger partial charge on any atom is 0.335 e. The Labute approximate surface area is 116 Å². The summed E-state index contributed by atoms with van der Waals surface area (Å²) >= 11 is 0. The van der Waals surface area contributed by atoms with Crippen molar-refractivity contribution < 1.29 is 28.3 Å². The Bertz CT molecular complexity index is 692. The fourth-order valence-electron chi connectivity index (χ4n) is 1.53. The lowest BCUT2D eigenvalue weighted by atomic mass is 10.2. The van der Waals surface area contributed by atoms with Crippen LogP contribution >= 0.6 is 0 Å². The van der Waals surface area contributed by atoms with Crippen LogP contribution in [0.2, 0.25) is 0 Å². The molecule has 0 amide bonds. The van der Waals surface area contributed by atoms with E-state index in [1.807, 2.05) is 0 Å². The van der Waals surface area contributed by atoms with Gasteiger partial charge in [0, 0.05) is 12.1 Å². The van der Waals surface area contributed by atoms with Crippen LogP contribution < -0.4 is 4.74 Å². The van der Waals surface area contributed by atoms with Crippen LogP contribution in [0.1, 0.15) is 10.4 Å². The summed E-state index contributed by atoms with van der Waals surface area (Å²) in [6, 6.07) is 5.79. The Kier molecular flexibility index (Phi) is 3.79. The first-order valence-corrected chi connectivity index (χ1v) is 5.53. The maximum atomic E-state index is 13.6. The number of carbonyl (C=O) groups is 1. The molecule has 0 heterocycles. The van der Waals surface area contributed by atoms with Gasteiger partial charge in [0.05, 0.1) is 10.5 Å². The normalized spacial score (nSPS) is 10.2. The van der Waals surface area contributed by atoms with Crippen LogP contribution in [-0.2, 0) is 0 Å². The van der Waals surface area contributed by atoms with E-state index in [1.54, 1.807) is 0 Å². The zero-order chi connectivity index (χ0) is 15.6. The van der Waals surface area contributed by atoms with Crippen molar-refractivity contribution in [1.29, 1.82) is 0 Å². The summed E-state index contributed by atoms with van der Waals surface area (Å²) in [6.45, 7) is 0. The molecular formula is C13H7F2NO5. The second-order valence-electron chi connectivity index (χ2n) is 3.93. The van der Waals surface area contributed by atoms with Gasteiger partial charge in [0.15, 0.2) is 17.4 Å². The lowest BCUT2D eigenvalue weighted by Gasteiger charge is -2.08. The summed E-state index contributed by atoms with van der Waals surface area (Å²) in [4.78, 5) is 20.5. The number of halogens is 2. The average Bonchev–Trinajstić information content (AvgIpc) is 2.43. The molecule has 0 aliphatic heterocycles. The zero-order valence-electron chi connectivity index (χ0n) is 10.2. The molecule has 2 rings (SSSR count). The molecule has 0 aliphatic carbocycles. The van der Waals surface area contributed by atoms with Gasteiger partial charge in [-0.05, 0) is 24.3 Å². The van der Waals surface area contributed by atoms with Crippen LogP contribution in [0.4, 0.5) is 14.5 Å². The molecule has 6 nitrogen and oxygen atoms in total. The van der Waals surface area contributed by atoms with Crippen LogP contribution in [0.3, 0.4) is 0 Å². The van der Waals surface area contributed by atoms with Gasteiger partial charge in [-0.1, -0.05) is 0 Å².